The molecule has 2 unspecified atom stereocenters. The van der Waals surface area contributed by atoms with Crippen LogP contribution in [0.1, 0.15) is 30.2 Å². The molecule has 140 valence electrons. The van der Waals surface area contributed by atoms with Gasteiger partial charge >= 0.3 is 0 Å². The number of nitrogens with two attached hydrogens (primary N) is 1. The fourth-order valence-corrected chi connectivity index (χ4v) is 3.26. The molecule has 0 bridgehead atoms. The Balaban J connectivity index is 1.66. The normalized spacial score (nSPS) is 22.8. The zero-order valence-corrected chi connectivity index (χ0v) is 14.2. The third-order valence-electron chi connectivity index (χ3n) is 4.48. The van der Waals surface area contributed by atoms with Crippen LogP contribution in [0.25, 0.3) is 0 Å². The first kappa shape index (κ1) is 18.5. The van der Waals surface area contributed by atoms with Gasteiger partial charge < -0.3 is 20.9 Å². The summed E-state index contributed by atoms with van der Waals surface area (Å²) in [7, 11) is 0. The summed E-state index contributed by atoms with van der Waals surface area (Å²) in [5.41, 5.74) is 7.40. The van der Waals surface area contributed by atoms with Gasteiger partial charge in [-0.15, -0.1) is 0 Å². The van der Waals surface area contributed by atoms with Gasteiger partial charge in [0.2, 0.25) is 17.7 Å². The topological polar surface area (TPSA) is 134 Å². The molecule has 0 radical (unpaired) electrons. The highest BCUT2D eigenvalue weighted by Crippen LogP contribution is 2.36. The molecule has 2 aliphatic heterocycles. The van der Waals surface area contributed by atoms with Crippen LogP contribution < -0.4 is 16.4 Å². The van der Waals surface area contributed by atoms with E-state index in [4.69, 9.17) is 10.5 Å². The number of anilines is 1. The molecular weight excluding hydrogens is 340 g/mol. The van der Waals surface area contributed by atoms with Crippen LogP contribution in [0.4, 0.5) is 5.69 Å². The van der Waals surface area contributed by atoms with Gasteiger partial charge in [0.25, 0.3) is 0 Å². The summed E-state index contributed by atoms with van der Waals surface area (Å²) in [5.74, 6) is -0.975. The Morgan fingerprint density at radius 3 is 2.96 bits per heavy atom. The van der Waals surface area contributed by atoms with Crippen molar-refractivity contribution in [2.45, 2.75) is 31.7 Å². The quantitative estimate of drug-likeness (QED) is 0.385. The van der Waals surface area contributed by atoms with Crippen molar-refractivity contribution in [1.29, 1.82) is 0 Å². The fourth-order valence-electron chi connectivity index (χ4n) is 3.26. The lowest BCUT2D eigenvalue weighted by Crippen LogP contribution is -2.51. The van der Waals surface area contributed by atoms with E-state index < -0.39 is 18.2 Å². The summed E-state index contributed by atoms with van der Waals surface area (Å²) in [6.45, 7) is 0.931. The van der Waals surface area contributed by atoms with Crippen molar-refractivity contribution in [3.05, 3.63) is 29.3 Å². The minimum atomic E-state index is -0.924. The van der Waals surface area contributed by atoms with Gasteiger partial charge in [0.05, 0.1) is 12.6 Å². The number of aliphatic hydroxyl groups is 1. The number of hydrogen-bond donors (Lipinski definition) is 4. The van der Waals surface area contributed by atoms with Crippen LogP contribution >= 0.6 is 0 Å². The maximum Gasteiger partial charge on any atom is 0.250 e. The van der Waals surface area contributed by atoms with Crippen LogP contribution in [0.2, 0.25) is 0 Å². The van der Waals surface area contributed by atoms with Gasteiger partial charge in [-0.25, -0.2) is 0 Å². The Labute approximate surface area is 150 Å². The number of fused-ring (bicyclic) bond motifs is 1. The van der Waals surface area contributed by atoms with Crippen molar-refractivity contribution < 1.29 is 24.2 Å². The van der Waals surface area contributed by atoms with Crippen molar-refractivity contribution in [1.82, 2.24) is 10.2 Å². The number of benzene rings is 1. The number of aliphatic hydroxyl groups excluding tert-OH is 1. The minimum absolute atomic E-state index is 0.0840. The standard InChI is InChI=1S/C17H22N4O5/c18-5-6-26-9-15(23)19-11-1-2-12-10(7-11)8-21(17(12)25)13-3-4-14(22)20-16(13)24/h1-2,7,13,17,25H,3-6,8-9,18H2,(H,19,23)(H,20,22,24). The zero-order chi connectivity index (χ0) is 18.7. The van der Waals surface area contributed by atoms with E-state index in [1.807, 2.05) is 0 Å². The number of amides is 3. The lowest BCUT2D eigenvalue weighted by Gasteiger charge is -2.31. The number of nitrogens with zero attached hydrogens (tertiary/aromatic N) is 1. The molecule has 2 heterocycles. The van der Waals surface area contributed by atoms with E-state index in [2.05, 4.69) is 10.6 Å². The molecule has 1 saturated heterocycles. The second-order valence-electron chi connectivity index (χ2n) is 6.32. The molecule has 9 nitrogen and oxygen atoms in total. The number of nitrogens with one attached hydrogen (secondary N) is 2. The van der Waals surface area contributed by atoms with E-state index in [1.54, 1.807) is 23.1 Å². The SMILES string of the molecule is NCCOCC(=O)Nc1ccc2c(c1)CN(C1CCC(=O)NC1=O)C2O. The van der Waals surface area contributed by atoms with Gasteiger partial charge in [0, 0.05) is 30.8 Å². The molecule has 1 fully saturated rings. The van der Waals surface area contributed by atoms with Crippen LogP contribution in [0.5, 0.6) is 0 Å². The summed E-state index contributed by atoms with van der Waals surface area (Å²) in [6.07, 6.45) is -0.302. The Bertz CT molecular complexity index is 723. The van der Waals surface area contributed by atoms with Crippen molar-refractivity contribution in [2.75, 3.05) is 25.1 Å². The number of imide groups is 1. The van der Waals surface area contributed by atoms with E-state index in [-0.39, 0.29) is 24.8 Å². The first-order chi connectivity index (χ1) is 12.5. The number of ether oxygens (including phenoxy) is 1. The highest BCUT2D eigenvalue weighted by Gasteiger charge is 2.39. The number of carbonyl (C=O) groups is 3. The van der Waals surface area contributed by atoms with E-state index in [0.717, 1.165) is 5.56 Å². The molecule has 0 aliphatic carbocycles. The van der Waals surface area contributed by atoms with Gasteiger partial charge in [-0.3, -0.25) is 24.6 Å². The van der Waals surface area contributed by atoms with Gasteiger partial charge in [-0.05, 0) is 24.1 Å². The van der Waals surface area contributed by atoms with E-state index in [0.29, 0.717) is 37.4 Å². The minimum Gasteiger partial charge on any atom is -0.374 e. The molecule has 2 atom stereocenters. The Morgan fingerprint density at radius 1 is 1.42 bits per heavy atom. The van der Waals surface area contributed by atoms with Crippen molar-refractivity contribution >= 4 is 23.4 Å². The van der Waals surface area contributed by atoms with E-state index in [1.165, 1.54) is 0 Å². The molecule has 0 spiro atoms. The van der Waals surface area contributed by atoms with Crippen LogP contribution in [0.15, 0.2) is 18.2 Å². The van der Waals surface area contributed by atoms with Crippen molar-refractivity contribution in [2.24, 2.45) is 5.73 Å². The van der Waals surface area contributed by atoms with Gasteiger partial charge in [-0.2, -0.15) is 0 Å². The van der Waals surface area contributed by atoms with Gasteiger partial charge in [0.1, 0.15) is 12.8 Å². The second kappa shape index (κ2) is 7.92. The van der Waals surface area contributed by atoms with Crippen LogP contribution in [0.3, 0.4) is 0 Å². The summed E-state index contributed by atoms with van der Waals surface area (Å²) in [6, 6.07) is 4.63. The second-order valence-corrected chi connectivity index (χ2v) is 6.32. The third kappa shape index (κ3) is 3.91. The monoisotopic (exact) mass is 362 g/mol. The maximum atomic E-state index is 12.1. The third-order valence-corrected chi connectivity index (χ3v) is 4.48. The zero-order valence-electron chi connectivity index (χ0n) is 14.2. The average molecular weight is 362 g/mol. The highest BCUT2D eigenvalue weighted by atomic mass is 16.5. The number of piperidine rings is 1. The molecule has 3 rings (SSSR count). The van der Waals surface area contributed by atoms with E-state index >= 15 is 0 Å². The molecule has 26 heavy (non-hydrogen) atoms. The smallest absolute Gasteiger partial charge is 0.250 e. The lowest BCUT2D eigenvalue weighted by atomic mass is 10.0. The summed E-state index contributed by atoms with van der Waals surface area (Å²) >= 11 is 0. The molecule has 0 saturated carbocycles. The molecule has 5 N–H and O–H groups in total. The number of rotatable bonds is 6. The van der Waals surface area contributed by atoms with Crippen molar-refractivity contribution in [3.63, 3.8) is 0 Å². The first-order valence-corrected chi connectivity index (χ1v) is 8.47. The molecule has 9 heteroatoms. The fraction of sp³-hybridized carbons (Fsp3) is 0.471. The largest absolute Gasteiger partial charge is 0.374 e. The predicted octanol–water partition coefficient (Wildman–Crippen LogP) is -0.788. The summed E-state index contributed by atoms with van der Waals surface area (Å²) in [4.78, 5) is 36.8. The molecule has 0 aromatic heterocycles. The van der Waals surface area contributed by atoms with Crippen LogP contribution in [-0.4, -0.2) is 53.5 Å². The molecule has 1 aromatic rings. The average Bonchev–Trinajstić information content (AvgIpc) is 2.91. The maximum absolute atomic E-state index is 12.1. The van der Waals surface area contributed by atoms with E-state index in [9.17, 15) is 19.5 Å². The highest BCUT2D eigenvalue weighted by molar-refractivity contribution is 6.00. The molecular formula is C17H22N4O5. The summed E-state index contributed by atoms with van der Waals surface area (Å²) < 4.78 is 5.09. The van der Waals surface area contributed by atoms with Gasteiger partial charge in [-0.1, -0.05) is 6.07 Å². The Hall–Kier alpha value is -2.33. The summed E-state index contributed by atoms with van der Waals surface area (Å²) in [5, 5.41) is 15.6. The predicted molar refractivity (Wildman–Crippen MR) is 91.6 cm³/mol. The Morgan fingerprint density at radius 2 is 2.23 bits per heavy atom. The lowest BCUT2D eigenvalue weighted by molar-refractivity contribution is -0.141. The Kier molecular flexibility index (Phi) is 5.62. The molecule has 3 amide bonds. The number of hydrogen-bond acceptors (Lipinski definition) is 7. The first-order valence-electron chi connectivity index (χ1n) is 8.47. The van der Waals surface area contributed by atoms with Gasteiger partial charge in [0.15, 0.2) is 0 Å². The van der Waals surface area contributed by atoms with Crippen LogP contribution in [-0.2, 0) is 25.7 Å². The number of carbonyl (C=O) groups excluding carboxylic acids is 3. The van der Waals surface area contributed by atoms with Crippen LogP contribution in [0, 0.1) is 0 Å². The van der Waals surface area contributed by atoms with Crippen molar-refractivity contribution in [3.8, 4) is 0 Å². The molecule has 1 aromatic carbocycles. The molecule has 2 aliphatic rings.